The van der Waals surface area contributed by atoms with Crippen LogP contribution in [0.1, 0.15) is 36.8 Å². The molecule has 2 saturated heterocycles. The molecule has 0 saturated carbocycles. The molecule has 2 fully saturated rings. The van der Waals surface area contributed by atoms with Crippen LogP contribution in [0, 0.1) is 12.7 Å². The Labute approximate surface area is 107 Å². The van der Waals surface area contributed by atoms with Crippen molar-refractivity contribution < 1.29 is 9.50 Å². The Hall–Kier alpha value is -0.930. The van der Waals surface area contributed by atoms with Crippen LogP contribution in [0.25, 0.3) is 0 Å². The Kier molecular flexibility index (Phi) is 2.91. The van der Waals surface area contributed by atoms with Gasteiger partial charge < -0.3 is 5.11 Å². The van der Waals surface area contributed by atoms with Crippen molar-refractivity contribution in [3.63, 3.8) is 0 Å². The third-order valence-electron chi connectivity index (χ3n) is 4.53. The molecule has 18 heavy (non-hydrogen) atoms. The zero-order valence-electron chi connectivity index (χ0n) is 10.8. The zero-order valence-corrected chi connectivity index (χ0v) is 10.8. The summed E-state index contributed by atoms with van der Waals surface area (Å²) in [5, 5.41) is 11.0. The van der Waals surface area contributed by atoms with E-state index in [0.29, 0.717) is 12.0 Å². The van der Waals surface area contributed by atoms with E-state index >= 15 is 0 Å². The lowest BCUT2D eigenvalue weighted by atomic mass is 9.82. The van der Waals surface area contributed by atoms with Crippen molar-refractivity contribution >= 4 is 0 Å². The van der Waals surface area contributed by atoms with E-state index in [-0.39, 0.29) is 11.9 Å². The summed E-state index contributed by atoms with van der Waals surface area (Å²) in [6, 6.07) is 5.15. The summed E-state index contributed by atoms with van der Waals surface area (Å²) in [7, 11) is 0. The topological polar surface area (TPSA) is 23.5 Å². The molecule has 1 aromatic rings. The first-order chi connectivity index (χ1) is 8.61. The fourth-order valence-corrected chi connectivity index (χ4v) is 3.57. The van der Waals surface area contributed by atoms with Crippen LogP contribution < -0.4 is 0 Å². The number of piperidine rings is 1. The minimum absolute atomic E-state index is 0.0996. The van der Waals surface area contributed by atoms with E-state index in [1.165, 1.54) is 12.5 Å². The highest BCUT2D eigenvalue weighted by molar-refractivity contribution is 5.32. The van der Waals surface area contributed by atoms with Crippen molar-refractivity contribution in [3.8, 4) is 0 Å². The summed E-state index contributed by atoms with van der Waals surface area (Å²) in [6.45, 7) is 3.87. The second kappa shape index (κ2) is 4.32. The molecule has 1 N–H and O–H groups in total. The van der Waals surface area contributed by atoms with E-state index in [4.69, 9.17) is 0 Å². The van der Waals surface area contributed by atoms with Crippen LogP contribution in [0.2, 0.25) is 0 Å². The summed E-state index contributed by atoms with van der Waals surface area (Å²) >= 11 is 0. The maximum atomic E-state index is 14.0. The van der Waals surface area contributed by atoms with Gasteiger partial charge in [0, 0.05) is 18.2 Å². The monoisotopic (exact) mass is 249 g/mol. The molecule has 2 aliphatic heterocycles. The summed E-state index contributed by atoms with van der Waals surface area (Å²) in [5.41, 5.74) is 0.516. The van der Waals surface area contributed by atoms with E-state index in [1.807, 2.05) is 13.0 Å². The maximum Gasteiger partial charge on any atom is 0.129 e. The number of hydrogen-bond acceptors (Lipinski definition) is 2. The van der Waals surface area contributed by atoms with Gasteiger partial charge in [0.1, 0.15) is 11.4 Å². The van der Waals surface area contributed by atoms with Crippen LogP contribution in [0.3, 0.4) is 0 Å². The van der Waals surface area contributed by atoms with Crippen molar-refractivity contribution in [2.24, 2.45) is 0 Å². The molecule has 98 valence electrons. The number of aliphatic hydroxyl groups is 1. The smallest absolute Gasteiger partial charge is 0.129 e. The average molecular weight is 249 g/mol. The average Bonchev–Trinajstić information content (AvgIpc) is 2.72. The highest BCUT2D eigenvalue weighted by atomic mass is 19.1. The number of halogens is 1. The maximum absolute atomic E-state index is 14.0. The highest BCUT2D eigenvalue weighted by Crippen LogP contribution is 2.43. The van der Waals surface area contributed by atoms with Gasteiger partial charge in [-0.15, -0.1) is 0 Å². The molecule has 0 amide bonds. The Morgan fingerprint density at radius 3 is 3.00 bits per heavy atom. The van der Waals surface area contributed by atoms with E-state index in [1.54, 1.807) is 6.07 Å². The van der Waals surface area contributed by atoms with E-state index < -0.39 is 5.60 Å². The van der Waals surface area contributed by atoms with Crippen LogP contribution in [-0.2, 0) is 5.60 Å². The first-order valence-corrected chi connectivity index (χ1v) is 6.84. The second-order valence-corrected chi connectivity index (χ2v) is 5.71. The lowest BCUT2D eigenvalue weighted by Gasteiger charge is -2.37. The summed E-state index contributed by atoms with van der Waals surface area (Å²) in [5.74, 6) is -0.268. The van der Waals surface area contributed by atoms with Crippen LogP contribution in [0.4, 0.5) is 4.39 Å². The molecule has 0 bridgehead atoms. The second-order valence-electron chi connectivity index (χ2n) is 5.71. The number of fused-ring (bicyclic) bond motifs is 1. The van der Waals surface area contributed by atoms with Crippen LogP contribution in [-0.4, -0.2) is 29.1 Å². The summed E-state index contributed by atoms with van der Waals surface area (Å²) in [6.07, 6.45) is 3.96. The minimum Gasteiger partial charge on any atom is -0.383 e. The van der Waals surface area contributed by atoms with Gasteiger partial charge in [-0.2, -0.15) is 0 Å². The van der Waals surface area contributed by atoms with E-state index in [0.717, 1.165) is 31.5 Å². The standard InChI is InChI=1S/C15H20FNO/c1-11-5-6-13(16)12(10-11)15(18)7-9-17-8-3-2-4-14(15)17/h5-6,10,14,18H,2-4,7-9H2,1H3. The molecule has 2 aliphatic rings. The molecule has 2 atom stereocenters. The molecule has 1 aromatic carbocycles. The number of nitrogens with zero attached hydrogens (tertiary/aromatic N) is 1. The number of aryl methyl sites for hydroxylation is 1. The van der Waals surface area contributed by atoms with Crippen molar-refractivity contribution in [3.05, 3.63) is 35.1 Å². The quantitative estimate of drug-likeness (QED) is 0.827. The molecule has 3 heteroatoms. The Balaban J connectivity index is 2.01. The van der Waals surface area contributed by atoms with Gasteiger partial charge in [-0.3, -0.25) is 4.90 Å². The fourth-order valence-electron chi connectivity index (χ4n) is 3.57. The lowest BCUT2D eigenvalue weighted by molar-refractivity contribution is -0.0165. The van der Waals surface area contributed by atoms with Gasteiger partial charge in [0.2, 0.25) is 0 Å². The van der Waals surface area contributed by atoms with Crippen LogP contribution in [0.15, 0.2) is 18.2 Å². The lowest BCUT2D eigenvalue weighted by Crippen LogP contribution is -2.45. The Morgan fingerprint density at radius 2 is 2.17 bits per heavy atom. The molecule has 2 unspecified atom stereocenters. The van der Waals surface area contributed by atoms with Crippen LogP contribution >= 0.6 is 0 Å². The van der Waals surface area contributed by atoms with Crippen molar-refractivity contribution in [2.75, 3.05) is 13.1 Å². The fraction of sp³-hybridized carbons (Fsp3) is 0.600. The normalized spacial score (nSPS) is 32.5. The van der Waals surface area contributed by atoms with E-state index in [2.05, 4.69) is 4.90 Å². The summed E-state index contributed by atoms with van der Waals surface area (Å²) in [4.78, 5) is 2.32. The largest absolute Gasteiger partial charge is 0.383 e. The predicted octanol–water partition coefficient (Wildman–Crippen LogP) is 2.58. The first kappa shape index (κ1) is 12.1. The van der Waals surface area contributed by atoms with Gasteiger partial charge >= 0.3 is 0 Å². The predicted molar refractivity (Wildman–Crippen MR) is 68.9 cm³/mol. The molecular weight excluding hydrogens is 229 g/mol. The highest BCUT2D eigenvalue weighted by Gasteiger charge is 2.48. The number of rotatable bonds is 1. The van der Waals surface area contributed by atoms with Gasteiger partial charge in [-0.25, -0.2) is 4.39 Å². The third-order valence-corrected chi connectivity index (χ3v) is 4.53. The van der Waals surface area contributed by atoms with Gasteiger partial charge in [-0.1, -0.05) is 24.1 Å². The molecule has 3 rings (SSSR count). The van der Waals surface area contributed by atoms with Crippen molar-refractivity contribution in [1.82, 2.24) is 4.90 Å². The SMILES string of the molecule is Cc1ccc(F)c(C2(O)CCN3CCCCC32)c1. The number of hydrogen-bond donors (Lipinski definition) is 1. The minimum atomic E-state index is -0.990. The van der Waals surface area contributed by atoms with Gasteiger partial charge in [0.05, 0.1) is 0 Å². The molecular formula is C15H20FNO. The van der Waals surface area contributed by atoms with Crippen LogP contribution in [0.5, 0.6) is 0 Å². The van der Waals surface area contributed by atoms with Gasteiger partial charge in [-0.05, 0) is 38.8 Å². The summed E-state index contributed by atoms with van der Waals surface area (Å²) < 4.78 is 14.0. The Morgan fingerprint density at radius 1 is 1.33 bits per heavy atom. The molecule has 0 spiro atoms. The molecule has 0 aliphatic carbocycles. The first-order valence-electron chi connectivity index (χ1n) is 6.84. The van der Waals surface area contributed by atoms with Gasteiger partial charge in [0.15, 0.2) is 0 Å². The zero-order chi connectivity index (χ0) is 12.8. The number of benzene rings is 1. The van der Waals surface area contributed by atoms with Gasteiger partial charge in [0.25, 0.3) is 0 Å². The molecule has 2 heterocycles. The molecule has 0 aromatic heterocycles. The van der Waals surface area contributed by atoms with Crippen molar-refractivity contribution in [1.29, 1.82) is 0 Å². The third kappa shape index (κ3) is 1.77. The van der Waals surface area contributed by atoms with Crippen molar-refractivity contribution in [2.45, 2.75) is 44.2 Å². The molecule has 2 nitrogen and oxygen atoms in total. The van der Waals surface area contributed by atoms with E-state index in [9.17, 15) is 9.50 Å². The Bertz CT molecular complexity index is 462. The molecule has 0 radical (unpaired) electrons.